The van der Waals surface area contributed by atoms with Crippen molar-refractivity contribution in [1.82, 2.24) is 5.32 Å². The Kier molecular flexibility index (Phi) is 5.47. The van der Waals surface area contributed by atoms with Crippen LogP contribution in [0.4, 0.5) is 0 Å². The van der Waals surface area contributed by atoms with Crippen LogP contribution in [0.1, 0.15) is 33.1 Å². The molecule has 1 aliphatic rings. The Hall–Kier alpha value is -0.220. The number of hydrogen-bond donors (Lipinski definition) is 1. The molecule has 0 aromatic heterocycles. The quantitative estimate of drug-likeness (QED) is 0.711. The monoisotopic (exact) mass is 230 g/mol. The van der Waals surface area contributed by atoms with Crippen molar-refractivity contribution in [2.45, 2.75) is 38.6 Å². The van der Waals surface area contributed by atoms with Crippen LogP contribution in [0.5, 0.6) is 0 Å². The largest absolute Gasteiger partial charge is 0.385 e. The molecular formula is C11H22N2OS. The molecule has 0 radical (unpaired) electrons. The van der Waals surface area contributed by atoms with Gasteiger partial charge in [-0.15, -0.1) is 0 Å². The summed E-state index contributed by atoms with van der Waals surface area (Å²) in [5.74, 6) is 1.14. The molecule has 1 N–H and O–H groups in total. The standard InChI is InChI=1S/C11H22N2OS/c1-4-11(2)9-15-10(13-11)12-7-5-6-8-14-3/h4-9H2,1-3H3,(H,12,13). The topological polar surface area (TPSA) is 33.6 Å². The fourth-order valence-electron chi connectivity index (χ4n) is 1.37. The SMILES string of the molecule is CCC1(C)CSC(=NCCCCOC)N1. The number of thioether (sulfide) groups is 1. The molecule has 1 saturated heterocycles. The molecular weight excluding hydrogens is 208 g/mol. The molecule has 0 spiro atoms. The van der Waals surface area contributed by atoms with Crippen molar-refractivity contribution < 1.29 is 4.74 Å². The van der Waals surface area contributed by atoms with Crippen molar-refractivity contribution in [2.75, 3.05) is 26.0 Å². The van der Waals surface area contributed by atoms with Gasteiger partial charge in [-0.3, -0.25) is 4.99 Å². The minimum absolute atomic E-state index is 0.260. The molecule has 15 heavy (non-hydrogen) atoms. The van der Waals surface area contributed by atoms with E-state index < -0.39 is 0 Å². The number of aliphatic imine (C=N–C) groups is 1. The van der Waals surface area contributed by atoms with Crippen LogP contribution in [0.2, 0.25) is 0 Å². The molecule has 1 rings (SSSR count). The third kappa shape index (κ3) is 4.43. The highest BCUT2D eigenvalue weighted by atomic mass is 32.2. The maximum Gasteiger partial charge on any atom is 0.157 e. The molecule has 1 fully saturated rings. The average molecular weight is 230 g/mol. The van der Waals surface area contributed by atoms with Crippen molar-refractivity contribution >= 4 is 16.9 Å². The Morgan fingerprint density at radius 1 is 1.53 bits per heavy atom. The molecule has 1 aliphatic heterocycles. The Morgan fingerprint density at radius 2 is 2.33 bits per heavy atom. The second-order valence-corrected chi connectivity index (χ2v) is 5.18. The first-order valence-corrected chi connectivity index (χ1v) is 6.63. The van der Waals surface area contributed by atoms with Crippen molar-refractivity contribution in [3.63, 3.8) is 0 Å². The lowest BCUT2D eigenvalue weighted by atomic mass is 10.0. The minimum Gasteiger partial charge on any atom is -0.385 e. The average Bonchev–Trinajstić information content (AvgIpc) is 2.61. The first-order valence-electron chi connectivity index (χ1n) is 5.64. The fourth-order valence-corrected chi connectivity index (χ4v) is 2.61. The molecule has 0 amide bonds. The first-order chi connectivity index (χ1) is 7.20. The second-order valence-electron chi connectivity index (χ2n) is 4.21. The lowest BCUT2D eigenvalue weighted by molar-refractivity contribution is 0.193. The van der Waals surface area contributed by atoms with Gasteiger partial charge < -0.3 is 10.1 Å². The van der Waals surface area contributed by atoms with E-state index in [1.54, 1.807) is 7.11 Å². The van der Waals surface area contributed by atoms with Crippen LogP contribution in [0, 0.1) is 0 Å². The number of nitrogens with zero attached hydrogens (tertiary/aromatic N) is 1. The van der Waals surface area contributed by atoms with Crippen LogP contribution in [-0.2, 0) is 4.74 Å². The highest BCUT2D eigenvalue weighted by molar-refractivity contribution is 8.14. The van der Waals surface area contributed by atoms with Crippen LogP contribution in [0.15, 0.2) is 4.99 Å². The maximum atomic E-state index is 5.00. The van der Waals surface area contributed by atoms with Gasteiger partial charge in [-0.2, -0.15) is 0 Å². The molecule has 1 atom stereocenters. The van der Waals surface area contributed by atoms with Crippen LogP contribution < -0.4 is 5.32 Å². The summed E-state index contributed by atoms with van der Waals surface area (Å²) in [6, 6.07) is 0. The van der Waals surface area contributed by atoms with Gasteiger partial charge in [-0.25, -0.2) is 0 Å². The van der Waals surface area contributed by atoms with Crippen molar-refractivity contribution in [3.8, 4) is 0 Å². The summed E-state index contributed by atoms with van der Waals surface area (Å²) < 4.78 is 5.00. The second kappa shape index (κ2) is 6.38. The summed E-state index contributed by atoms with van der Waals surface area (Å²) in [7, 11) is 1.74. The normalized spacial score (nSPS) is 28.3. The van der Waals surface area contributed by atoms with Gasteiger partial charge in [0.15, 0.2) is 5.17 Å². The molecule has 88 valence electrons. The first kappa shape index (κ1) is 12.8. The minimum atomic E-state index is 0.260. The van der Waals surface area contributed by atoms with E-state index in [1.165, 1.54) is 0 Å². The summed E-state index contributed by atoms with van der Waals surface area (Å²) in [4.78, 5) is 4.55. The highest BCUT2D eigenvalue weighted by Crippen LogP contribution is 2.25. The van der Waals surface area contributed by atoms with Crippen molar-refractivity contribution in [3.05, 3.63) is 0 Å². The number of nitrogens with one attached hydrogen (secondary N) is 1. The van der Waals surface area contributed by atoms with Gasteiger partial charge in [0.05, 0.1) is 0 Å². The lowest BCUT2D eigenvalue weighted by Gasteiger charge is -2.20. The summed E-state index contributed by atoms with van der Waals surface area (Å²) in [5, 5.41) is 4.61. The fraction of sp³-hybridized carbons (Fsp3) is 0.909. The smallest absolute Gasteiger partial charge is 0.157 e. The van der Waals surface area contributed by atoms with Crippen LogP contribution >= 0.6 is 11.8 Å². The van der Waals surface area contributed by atoms with Gasteiger partial charge >= 0.3 is 0 Å². The molecule has 4 heteroatoms. The van der Waals surface area contributed by atoms with Crippen LogP contribution in [0.3, 0.4) is 0 Å². The van der Waals surface area contributed by atoms with Gasteiger partial charge in [-0.1, -0.05) is 18.7 Å². The number of amidine groups is 1. The van der Waals surface area contributed by atoms with E-state index in [2.05, 4.69) is 24.2 Å². The van der Waals surface area contributed by atoms with E-state index in [-0.39, 0.29) is 5.54 Å². The molecule has 0 aromatic rings. The number of ether oxygens (including phenoxy) is 1. The number of hydrogen-bond acceptors (Lipinski definition) is 3. The van der Waals surface area contributed by atoms with E-state index in [1.807, 2.05) is 11.8 Å². The molecule has 1 heterocycles. The Bertz CT molecular complexity index is 221. The summed E-state index contributed by atoms with van der Waals surface area (Å²) in [6.07, 6.45) is 3.37. The lowest BCUT2D eigenvalue weighted by Crippen LogP contribution is -2.39. The summed E-state index contributed by atoms with van der Waals surface area (Å²) in [5.41, 5.74) is 0.260. The van der Waals surface area contributed by atoms with Crippen LogP contribution in [-0.4, -0.2) is 36.7 Å². The predicted octanol–water partition coefficient (Wildman–Crippen LogP) is 2.27. The zero-order chi connectivity index (χ0) is 11.1. The third-order valence-electron chi connectivity index (χ3n) is 2.73. The zero-order valence-electron chi connectivity index (χ0n) is 10.0. The van der Waals surface area contributed by atoms with Crippen LogP contribution in [0.25, 0.3) is 0 Å². The number of methoxy groups -OCH3 is 1. The van der Waals surface area contributed by atoms with Gasteiger partial charge in [0.2, 0.25) is 0 Å². The summed E-state index contributed by atoms with van der Waals surface area (Å²) >= 11 is 1.85. The zero-order valence-corrected chi connectivity index (χ0v) is 10.8. The van der Waals surface area contributed by atoms with E-state index >= 15 is 0 Å². The van der Waals surface area contributed by atoms with Gasteiger partial charge in [0.1, 0.15) is 0 Å². The molecule has 0 saturated carbocycles. The Morgan fingerprint density at radius 3 is 2.93 bits per heavy atom. The number of unbranched alkanes of at least 4 members (excludes halogenated alkanes) is 1. The summed E-state index contributed by atoms with van der Waals surface area (Å²) in [6.45, 7) is 6.24. The highest BCUT2D eigenvalue weighted by Gasteiger charge is 2.30. The molecule has 0 aromatic carbocycles. The van der Waals surface area contributed by atoms with E-state index in [4.69, 9.17) is 4.74 Å². The Balaban J connectivity index is 2.19. The van der Waals surface area contributed by atoms with E-state index in [0.717, 1.165) is 43.3 Å². The van der Waals surface area contributed by atoms with Gasteiger partial charge in [0, 0.05) is 31.6 Å². The molecule has 0 aliphatic carbocycles. The molecule has 1 unspecified atom stereocenters. The third-order valence-corrected chi connectivity index (χ3v) is 4.01. The molecule has 3 nitrogen and oxygen atoms in total. The molecule has 0 bridgehead atoms. The number of rotatable bonds is 6. The van der Waals surface area contributed by atoms with E-state index in [0.29, 0.717) is 0 Å². The van der Waals surface area contributed by atoms with E-state index in [9.17, 15) is 0 Å². The van der Waals surface area contributed by atoms with Crippen molar-refractivity contribution in [1.29, 1.82) is 0 Å². The van der Waals surface area contributed by atoms with Crippen molar-refractivity contribution in [2.24, 2.45) is 4.99 Å². The maximum absolute atomic E-state index is 5.00. The van der Waals surface area contributed by atoms with Gasteiger partial charge in [0.25, 0.3) is 0 Å². The van der Waals surface area contributed by atoms with Gasteiger partial charge in [-0.05, 0) is 26.2 Å². The Labute approximate surface area is 97.1 Å². The predicted molar refractivity (Wildman–Crippen MR) is 67.7 cm³/mol.